The van der Waals surface area contributed by atoms with Gasteiger partial charge in [-0.15, -0.1) is 13.2 Å². The summed E-state index contributed by atoms with van der Waals surface area (Å²) in [7, 11) is 0. The van der Waals surface area contributed by atoms with Crippen LogP contribution in [-0.2, 0) is 0 Å². The van der Waals surface area contributed by atoms with Crippen LogP contribution in [0.4, 0.5) is 24.7 Å². The Morgan fingerprint density at radius 3 is 2.62 bits per heavy atom. The van der Waals surface area contributed by atoms with Crippen molar-refractivity contribution in [3.63, 3.8) is 0 Å². The quantitative estimate of drug-likeness (QED) is 0.385. The average molecular weight is 469 g/mol. The fourth-order valence-corrected chi connectivity index (χ4v) is 4.11. The second-order valence-electron chi connectivity index (χ2n) is 8.22. The summed E-state index contributed by atoms with van der Waals surface area (Å²) in [6.45, 7) is 1.59. The van der Waals surface area contributed by atoms with Crippen LogP contribution in [0.5, 0.6) is 5.75 Å². The van der Waals surface area contributed by atoms with Crippen molar-refractivity contribution < 1.29 is 17.9 Å². The van der Waals surface area contributed by atoms with E-state index < -0.39 is 6.36 Å². The number of aromatic amines is 1. The molecule has 1 aliphatic rings. The Labute approximate surface area is 192 Å². The number of ether oxygens (including phenoxy) is 1. The number of hydrogen-bond acceptors (Lipinski definition) is 7. The van der Waals surface area contributed by atoms with E-state index >= 15 is 0 Å². The van der Waals surface area contributed by atoms with Gasteiger partial charge in [0.2, 0.25) is 0 Å². The first-order valence-electron chi connectivity index (χ1n) is 10.7. The van der Waals surface area contributed by atoms with Crippen LogP contribution in [0.1, 0.15) is 12.8 Å². The number of rotatable bonds is 4. The number of nitrogens with two attached hydrogens (primary N) is 2. The van der Waals surface area contributed by atoms with E-state index in [1.807, 2.05) is 0 Å². The fourth-order valence-electron chi connectivity index (χ4n) is 4.11. The van der Waals surface area contributed by atoms with Crippen LogP contribution < -0.4 is 21.1 Å². The lowest BCUT2D eigenvalue weighted by Crippen LogP contribution is -2.40. The van der Waals surface area contributed by atoms with Crippen molar-refractivity contribution in [2.24, 2.45) is 5.73 Å². The number of nitrogens with one attached hydrogen (secondary N) is 1. The number of nitrogen functional groups attached to an aromatic ring is 1. The van der Waals surface area contributed by atoms with E-state index in [1.54, 1.807) is 30.6 Å². The van der Waals surface area contributed by atoms with Crippen LogP contribution in [0.3, 0.4) is 0 Å². The predicted octanol–water partition coefficient (Wildman–Crippen LogP) is 4.10. The number of fused-ring (bicyclic) bond motifs is 1. The smallest absolute Gasteiger partial charge is 0.405 e. The van der Waals surface area contributed by atoms with Gasteiger partial charge in [0.1, 0.15) is 23.0 Å². The van der Waals surface area contributed by atoms with Crippen LogP contribution in [0, 0.1) is 0 Å². The van der Waals surface area contributed by atoms with Gasteiger partial charge < -0.3 is 21.1 Å². The van der Waals surface area contributed by atoms with Crippen LogP contribution in [0.25, 0.3) is 33.4 Å². The lowest BCUT2D eigenvalue weighted by Gasteiger charge is -2.30. The molecule has 11 heteroatoms. The summed E-state index contributed by atoms with van der Waals surface area (Å²) in [6, 6.07) is 9.37. The maximum Gasteiger partial charge on any atom is 0.573 e. The second kappa shape index (κ2) is 8.49. The Hall–Kier alpha value is -3.86. The molecule has 1 aliphatic heterocycles. The standard InChI is InChI=1S/C23H22F3N7O/c24-23(25,26)34-20-4-2-15(28)10-16(20)13-1-3-18-17(9-13)22(32-31-18)19-11-29-12-21(30-19)33-7-5-14(27)6-8-33/h1-4,9-12,14H,5-8,27-28H2,(H,31,32). The molecule has 0 atom stereocenters. The molecule has 0 saturated carbocycles. The number of anilines is 2. The van der Waals surface area contributed by atoms with Crippen molar-refractivity contribution >= 4 is 22.4 Å². The van der Waals surface area contributed by atoms with E-state index in [2.05, 4.69) is 24.8 Å². The number of benzene rings is 2. The van der Waals surface area contributed by atoms with Gasteiger partial charge in [-0.2, -0.15) is 5.10 Å². The van der Waals surface area contributed by atoms with Gasteiger partial charge in [-0.05, 0) is 48.7 Å². The molecule has 3 heterocycles. The zero-order valence-corrected chi connectivity index (χ0v) is 18.0. The van der Waals surface area contributed by atoms with Crippen LogP contribution in [-0.4, -0.2) is 45.7 Å². The molecule has 1 fully saturated rings. The number of halogens is 3. The van der Waals surface area contributed by atoms with Crippen molar-refractivity contribution in [3.8, 4) is 28.3 Å². The molecule has 0 aliphatic carbocycles. The molecule has 34 heavy (non-hydrogen) atoms. The molecule has 5 rings (SSSR count). The summed E-state index contributed by atoms with van der Waals surface area (Å²) in [5.41, 5.74) is 14.7. The van der Waals surface area contributed by atoms with Gasteiger partial charge in [0.15, 0.2) is 0 Å². The largest absolute Gasteiger partial charge is 0.573 e. The third-order valence-electron chi connectivity index (χ3n) is 5.83. The van der Waals surface area contributed by atoms with Gasteiger partial charge in [-0.1, -0.05) is 6.07 Å². The molecule has 1 saturated heterocycles. The lowest BCUT2D eigenvalue weighted by atomic mass is 10.0. The number of hydrogen-bond donors (Lipinski definition) is 3. The van der Waals surface area contributed by atoms with E-state index in [4.69, 9.17) is 16.5 Å². The molecular formula is C23H22F3N7O. The van der Waals surface area contributed by atoms with Gasteiger partial charge in [0, 0.05) is 35.8 Å². The van der Waals surface area contributed by atoms with Crippen molar-refractivity contribution in [1.29, 1.82) is 0 Å². The number of alkyl halides is 3. The van der Waals surface area contributed by atoms with E-state index in [-0.39, 0.29) is 17.4 Å². The van der Waals surface area contributed by atoms with Crippen LogP contribution in [0.2, 0.25) is 0 Å². The van der Waals surface area contributed by atoms with Gasteiger partial charge in [0.05, 0.1) is 17.9 Å². The highest BCUT2D eigenvalue weighted by molar-refractivity contribution is 5.95. The Bertz CT molecular complexity index is 1330. The summed E-state index contributed by atoms with van der Waals surface area (Å²) in [6.07, 6.45) is 0.241. The molecule has 0 radical (unpaired) electrons. The minimum absolute atomic E-state index is 0.194. The topological polar surface area (TPSA) is 119 Å². The van der Waals surface area contributed by atoms with Crippen LogP contribution in [0.15, 0.2) is 48.8 Å². The summed E-state index contributed by atoms with van der Waals surface area (Å²) in [5.74, 6) is 0.393. The number of aromatic nitrogens is 4. The molecule has 0 unspecified atom stereocenters. The van der Waals surface area contributed by atoms with Gasteiger partial charge >= 0.3 is 6.36 Å². The number of H-pyrrole nitrogens is 1. The highest BCUT2D eigenvalue weighted by atomic mass is 19.4. The van der Waals surface area contributed by atoms with Crippen molar-refractivity contribution in [2.45, 2.75) is 25.2 Å². The zero-order chi connectivity index (χ0) is 23.9. The molecule has 2 aromatic heterocycles. The van der Waals surface area contributed by atoms with E-state index in [9.17, 15) is 13.2 Å². The molecular weight excluding hydrogens is 447 g/mol. The summed E-state index contributed by atoms with van der Waals surface area (Å²) < 4.78 is 43.1. The molecule has 8 nitrogen and oxygen atoms in total. The molecule has 0 spiro atoms. The first kappa shape index (κ1) is 22.0. The summed E-state index contributed by atoms with van der Waals surface area (Å²) >= 11 is 0. The minimum atomic E-state index is -4.83. The third kappa shape index (κ3) is 4.46. The van der Waals surface area contributed by atoms with Gasteiger partial charge in [0.25, 0.3) is 0 Å². The highest BCUT2D eigenvalue weighted by Gasteiger charge is 2.32. The number of piperidine rings is 1. The summed E-state index contributed by atoms with van der Waals surface area (Å²) in [4.78, 5) is 11.2. The normalized spacial score (nSPS) is 15.1. The van der Waals surface area contributed by atoms with E-state index in [1.165, 1.54) is 18.2 Å². The lowest BCUT2D eigenvalue weighted by molar-refractivity contribution is -0.274. The third-order valence-corrected chi connectivity index (χ3v) is 5.83. The van der Waals surface area contributed by atoms with Crippen molar-refractivity contribution in [1.82, 2.24) is 20.2 Å². The summed E-state index contributed by atoms with van der Waals surface area (Å²) in [5, 5.41) is 8.03. The van der Waals surface area contributed by atoms with Crippen molar-refractivity contribution in [2.75, 3.05) is 23.7 Å². The Balaban J connectivity index is 1.55. The fraction of sp³-hybridized carbons (Fsp3) is 0.261. The second-order valence-corrected chi connectivity index (χ2v) is 8.22. The SMILES string of the molecule is Nc1ccc(OC(F)(F)F)c(-c2ccc3[nH]nc(-c4cncc(N5CCC(N)CC5)n4)c3c2)c1. The van der Waals surface area contributed by atoms with Crippen molar-refractivity contribution in [3.05, 3.63) is 48.8 Å². The molecule has 5 N–H and O–H groups in total. The Kier molecular flexibility index (Phi) is 5.48. The van der Waals surface area contributed by atoms with Crippen LogP contribution >= 0.6 is 0 Å². The highest BCUT2D eigenvalue weighted by Crippen LogP contribution is 2.37. The van der Waals surface area contributed by atoms with E-state index in [0.29, 0.717) is 33.5 Å². The minimum Gasteiger partial charge on any atom is -0.405 e. The maximum atomic E-state index is 12.9. The first-order valence-corrected chi connectivity index (χ1v) is 10.7. The van der Waals surface area contributed by atoms with E-state index in [0.717, 1.165) is 31.7 Å². The average Bonchev–Trinajstić information content (AvgIpc) is 3.23. The molecule has 176 valence electrons. The monoisotopic (exact) mass is 469 g/mol. The molecule has 0 amide bonds. The zero-order valence-electron chi connectivity index (χ0n) is 18.0. The molecule has 4 aromatic rings. The first-order chi connectivity index (χ1) is 16.3. The Morgan fingerprint density at radius 1 is 1.06 bits per heavy atom. The predicted molar refractivity (Wildman–Crippen MR) is 123 cm³/mol. The van der Waals surface area contributed by atoms with Gasteiger partial charge in [-0.25, -0.2) is 4.98 Å². The Morgan fingerprint density at radius 2 is 1.85 bits per heavy atom. The van der Waals surface area contributed by atoms with Gasteiger partial charge in [-0.3, -0.25) is 10.1 Å². The molecule has 0 bridgehead atoms. The number of nitrogens with zero attached hydrogens (tertiary/aromatic N) is 4. The maximum absolute atomic E-state index is 12.9. The molecule has 2 aromatic carbocycles.